The number of piperazine rings is 1. The van der Waals surface area contributed by atoms with Gasteiger partial charge in [0.05, 0.1) is 17.8 Å². The molecule has 3 rings (SSSR count). The lowest BCUT2D eigenvalue weighted by Gasteiger charge is -2.33. The molecule has 0 bridgehead atoms. The highest BCUT2D eigenvalue weighted by Gasteiger charge is 2.15. The minimum Gasteiger partial charge on any atom is -0.496 e. The van der Waals surface area contributed by atoms with Crippen LogP contribution < -0.4 is 4.74 Å². The van der Waals surface area contributed by atoms with Gasteiger partial charge in [0.15, 0.2) is 0 Å². The minimum absolute atomic E-state index is 0.835. The molecule has 1 aliphatic heterocycles. The van der Waals surface area contributed by atoms with Crippen LogP contribution in [0.4, 0.5) is 0 Å². The number of hydrogen-bond donors (Lipinski definition) is 0. The lowest BCUT2D eigenvalue weighted by Crippen LogP contribution is -2.43. The summed E-state index contributed by atoms with van der Waals surface area (Å²) in [6, 6.07) is 16.6. The number of nitrogens with zero attached hydrogens (tertiary/aromatic N) is 3. The maximum absolute atomic E-state index is 5.25. The van der Waals surface area contributed by atoms with Crippen LogP contribution in [0.3, 0.4) is 0 Å². The summed E-state index contributed by atoms with van der Waals surface area (Å²) in [4.78, 5) is 2.48. The molecule has 0 aromatic heterocycles. The van der Waals surface area contributed by atoms with Gasteiger partial charge in [-0.15, -0.1) is 0 Å². The summed E-state index contributed by atoms with van der Waals surface area (Å²) in [5.74, 6) is 0.835. The van der Waals surface area contributed by atoms with E-state index >= 15 is 0 Å². The fourth-order valence-corrected chi connectivity index (χ4v) is 3.32. The van der Waals surface area contributed by atoms with Crippen molar-refractivity contribution in [3.8, 4) is 5.75 Å². The Hall–Kier alpha value is -1.85. The molecule has 1 aliphatic rings. The van der Waals surface area contributed by atoms with Gasteiger partial charge < -0.3 is 4.74 Å². The summed E-state index contributed by atoms with van der Waals surface area (Å²) in [7, 11) is 1.67. The molecule has 126 valence electrons. The lowest BCUT2D eigenvalue weighted by molar-refractivity contribution is 0.131. The zero-order valence-corrected chi connectivity index (χ0v) is 15.4. The van der Waals surface area contributed by atoms with E-state index < -0.39 is 0 Å². The number of hydrazone groups is 1. The van der Waals surface area contributed by atoms with Crippen LogP contribution in [0.25, 0.3) is 0 Å². The number of halogens is 1. The zero-order valence-electron chi connectivity index (χ0n) is 13.9. The summed E-state index contributed by atoms with van der Waals surface area (Å²) in [5, 5.41) is 6.75. The van der Waals surface area contributed by atoms with Crippen LogP contribution in [0.1, 0.15) is 11.1 Å². The average molecular weight is 388 g/mol. The molecule has 0 aliphatic carbocycles. The fourth-order valence-electron chi connectivity index (χ4n) is 2.76. The predicted octanol–water partition coefficient (Wildman–Crippen LogP) is 3.61. The Morgan fingerprint density at radius 2 is 1.83 bits per heavy atom. The molecule has 2 aromatic rings. The highest BCUT2D eigenvalue weighted by Crippen LogP contribution is 2.24. The van der Waals surface area contributed by atoms with E-state index in [1.165, 1.54) is 5.56 Å². The summed E-state index contributed by atoms with van der Waals surface area (Å²) in [6.45, 7) is 5.02. The van der Waals surface area contributed by atoms with Crippen molar-refractivity contribution in [3.63, 3.8) is 0 Å². The molecule has 24 heavy (non-hydrogen) atoms. The second-order valence-electron chi connectivity index (χ2n) is 5.85. The van der Waals surface area contributed by atoms with E-state index in [2.05, 4.69) is 61.3 Å². The van der Waals surface area contributed by atoms with Gasteiger partial charge in [-0.25, -0.2) is 0 Å². The molecule has 1 heterocycles. The molecule has 1 saturated heterocycles. The zero-order chi connectivity index (χ0) is 16.8. The Morgan fingerprint density at radius 3 is 2.50 bits per heavy atom. The molecular weight excluding hydrogens is 366 g/mol. The smallest absolute Gasteiger partial charge is 0.133 e. The maximum Gasteiger partial charge on any atom is 0.133 e. The third kappa shape index (κ3) is 4.58. The quantitative estimate of drug-likeness (QED) is 0.733. The van der Waals surface area contributed by atoms with Gasteiger partial charge >= 0.3 is 0 Å². The summed E-state index contributed by atoms with van der Waals surface area (Å²) >= 11 is 3.51. The molecular formula is C19H22BrN3O. The molecule has 2 aromatic carbocycles. The standard InChI is InChI=1S/C19H22BrN3O/c1-24-19-8-7-17(13-18(19)20)14-21-23-11-9-22(10-12-23)15-16-5-3-2-4-6-16/h2-8,13-14H,9-12,15H2,1H3/b21-14+. The van der Waals surface area contributed by atoms with Gasteiger partial charge in [0.1, 0.15) is 5.75 Å². The number of benzene rings is 2. The third-order valence-corrected chi connectivity index (χ3v) is 4.76. The number of methoxy groups -OCH3 is 1. The minimum atomic E-state index is 0.835. The van der Waals surface area contributed by atoms with E-state index in [9.17, 15) is 0 Å². The van der Waals surface area contributed by atoms with Gasteiger partial charge in [-0.1, -0.05) is 30.3 Å². The van der Waals surface area contributed by atoms with Crippen LogP contribution in [-0.4, -0.2) is 49.4 Å². The fraction of sp³-hybridized carbons (Fsp3) is 0.316. The van der Waals surface area contributed by atoms with Gasteiger partial charge in [-0.05, 0) is 45.3 Å². The third-order valence-electron chi connectivity index (χ3n) is 4.14. The molecule has 4 nitrogen and oxygen atoms in total. The van der Waals surface area contributed by atoms with Gasteiger partial charge in [0.2, 0.25) is 0 Å². The first-order valence-corrected chi connectivity index (χ1v) is 8.92. The molecule has 0 amide bonds. The van der Waals surface area contributed by atoms with E-state index in [0.717, 1.165) is 48.5 Å². The Kier molecular flexibility index (Phi) is 5.88. The Bertz CT molecular complexity index is 682. The van der Waals surface area contributed by atoms with Crippen LogP contribution in [0.15, 0.2) is 58.1 Å². The van der Waals surface area contributed by atoms with Gasteiger partial charge in [0, 0.05) is 32.7 Å². The van der Waals surface area contributed by atoms with Gasteiger partial charge in [-0.3, -0.25) is 9.91 Å². The second-order valence-corrected chi connectivity index (χ2v) is 6.71. The average Bonchev–Trinajstić information content (AvgIpc) is 2.62. The summed E-state index contributed by atoms with van der Waals surface area (Å²) in [5.41, 5.74) is 2.44. The van der Waals surface area contributed by atoms with Crippen molar-refractivity contribution < 1.29 is 4.74 Å². The van der Waals surface area contributed by atoms with Crippen molar-refractivity contribution in [3.05, 3.63) is 64.1 Å². The van der Waals surface area contributed by atoms with Crippen LogP contribution in [0, 0.1) is 0 Å². The SMILES string of the molecule is COc1ccc(/C=N/N2CCN(Cc3ccccc3)CC2)cc1Br. The molecule has 0 N–H and O–H groups in total. The number of rotatable bonds is 5. The Morgan fingerprint density at radius 1 is 1.08 bits per heavy atom. The van der Waals surface area contributed by atoms with E-state index in [1.54, 1.807) is 7.11 Å². The van der Waals surface area contributed by atoms with Crippen LogP contribution in [0.5, 0.6) is 5.75 Å². The van der Waals surface area contributed by atoms with Crippen molar-refractivity contribution in [2.24, 2.45) is 5.10 Å². The first-order valence-electron chi connectivity index (χ1n) is 8.13. The Labute approximate surface area is 151 Å². The highest BCUT2D eigenvalue weighted by atomic mass is 79.9. The van der Waals surface area contributed by atoms with E-state index in [4.69, 9.17) is 4.74 Å². The lowest BCUT2D eigenvalue weighted by atomic mass is 10.2. The highest BCUT2D eigenvalue weighted by molar-refractivity contribution is 9.10. The molecule has 0 spiro atoms. The van der Waals surface area contributed by atoms with E-state index in [0.29, 0.717) is 0 Å². The van der Waals surface area contributed by atoms with E-state index in [-0.39, 0.29) is 0 Å². The van der Waals surface area contributed by atoms with Crippen molar-refractivity contribution >= 4 is 22.1 Å². The van der Waals surface area contributed by atoms with Crippen LogP contribution in [0.2, 0.25) is 0 Å². The molecule has 0 radical (unpaired) electrons. The molecule has 0 saturated carbocycles. The van der Waals surface area contributed by atoms with E-state index in [1.807, 2.05) is 24.4 Å². The topological polar surface area (TPSA) is 28.1 Å². The number of hydrogen-bond acceptors (Lipinski definition) is 4. The second kappa shape index (κ2) is 8.31. The summed E-state index contributed by atoms with van der Waals surface area (Å²) in [6.07, 6.45) is 1.91. The first-order chi connectivity index (χ1) is 11.7. The van der Waals surface area contributed by atoms with Gasteiger partial charge in [0.25, 0.3) is 0 Å². The molecule has 0 unspecified atom stereocenters. The molecule has 5 heteroatoms. The van der Waals surface area contributed by atoms with Gasteiger partial charge in [-0.2, -0.15) is 5.10 Å². The first kappa shape index (κ1) is 17.0. The van der Waals surface area contributed by atoms with Crippen molar-refractivity contribution in [1.82, 2.24) is 9.91 Å². The molecule has 0 atom stereocenters. The van der Waals surface area contributed by atoms with Crippen molar-refractivity contribution in [2.45, 2.75) is 6.54 Å². The largest absolute Gasteiger partial charge is 0.496 e. The van der Waals surface area contributed by atoms with Crippen LogP contribution in [-0.2, 0) is 6.54 Å². The normalized spacial score (nSPS) is 15.8. The van der Waals surface area contributed by atoms with Crippen molar-refractivity contribution in [2.75, 3.05) is 33.3 Å². The molecule has 1 fully saturated rings. The maximum atomic E-state index is 5.25. The monoisotopic (exact) mass is 387 g/mol. The van der Waals surface area contributed by atoms with Crippen molar-refractivity contribution in [1.29, 1.82) is 0 Å². The Balaban J connectivity index is 1.51. The predicted molar refractivity (Wildman–Crippen MR) is 102 cm³/mol. The summed E-state index contributed by atoms with van der Waals surface area (Å²) < 4.78 is 6.19. The van der Waals surface area contributed by atoms with Crippen LogP contribution >= 0.6 is 15.9 Å². The number of ether oxygens (including phenoxy) is 1.